The van der Waals surface area contributed by atoms with E-state index in [1.807, 2.05) is 32.0 Å². The van der Waals surface area contributed by atoms with Gasteiger partial charge in [-0.15, -0.1) is 0 Å². The molecule has 1 atom stereocenters. The minimum Gasteiger partial charge on any atom is -0.491 e. The van der Waals surface area contributed by atoms with Crippen LogP contribution >= 0.6 is 0 Å². The number of oxazole rings is 1. The summed E-state index contributed by atoms with van der Waals surface area (Å²) in [7, 11) is 0. The number of nitrogens with two attached hydrogens (primary N) is 1. The number of benzene rings is 1. The lowest BCUT2D eigenvalue weighted by atomic mass is 10.1. The van der Waals surface area contributed by atoms with Gasteiger partial charge in [-0.3, -0.25) is 4.79 Å². The number of carbonyl (C=O) groups excluding carboxylic acids is 1. The Bertz CT molecular complexity index is 603. The molecule has 1 aliphatic heterocycles. The van der Waals surface area contributed by atoms with Crippen molar-refractivity contribution in [2.75, 3.05) is 6.54 Å². The molecule has 0 radical (unpaired) electrons. The second-order valence-corrected chi connectivity index (χ2v) is 5.55. The fourth-order valence-electron chi connectivity index (χ4n) is 2.28. The van der Waals surface area contributed by atoms with Crippen molar-refractivity contribution in [1.82, 2.24) is 10.3 Å². The topological polar surface area (TPSA) is 90.4 Å². The molecule has 1 amide bonds. The number of aromatic nitrogens is 1. The van der Waals surface area contributed by atoms with Gasteiger partial charge in [0.25, 0.3) is 0 Å². The molecule has 3 N–H and O–H groups in total. The molecular formula is C16H23N3O3. The quantitative estimate of drug-likeness (QED) is 0.907. The Morgan fingerprint density at radius 2 is 2.27 bits per heavy atom. The number of fused-ring (bicyclic) bond motifs is 1. The van der Waals surface area contributed by atoms with Crippen molar-refractivity contribution in [3.05, 3.63) is 24.6 Å². The third-order valence-corrected chi connectivity index (χ3v) is 3.33. The van der Waals surface area contributed by atoms with Gasteiger partial charge < -0.3 is 20.2 Å². The van der Waals surface area contributed by atoms with Crippen LogP contribution in [0.4, 0.5) is 0 Å². The summed E-state index contributed by atoms with van der Waals surface area (Å²) >= 11 is 0. The maximum absolute atomic E-state index is 10.5. The lowest BCUT2D eigenvalue weighted by Crippen LogP contribution is -2.44. The SMILES string of the molecule is CC(C)Oc1ccc2ncoc2c1.NC(=O)C1CCCCN1. The first-order chi connectivity index (χ1) is 10.6. The second-order valence-electron chi connectivity index (χ2n) is 5.55. The smallest absolute Gasteiger partial charge is 0.234 e. The summed E-state index contributed by atoms with van der Waals surface area (Å²) < 4.78 is 10.7. The minimum absolute atomic E-state index is 0.0567. The van der Waals surface area contributed by atoms with Gasteiger partial charge in [0.05, 0.1) is 12.1 Å². The first kappa shape index (κ1) is 16.3. The van der Waals surface area contributed by atoms with Crippen LogP contribution < -0.4 is 15.8 Å². The van der Waals surface area contributed by atoms with Gasteiger partial charge in [0.15, 0.2) is 12.0 Å². The summed E-state index contributed by atoms with van der Waals surface area (Å²) in [6.45, 7) is 4.92. The molecule has 22 heavy (non-hydrogen) atoms. The van der Waals surface area contributed by atoms with Crippen LogP contribution in [0.25, 0.3) is 11.1 Å². The van der Waals surface area contributed by atoms with Crippen LogP contribution in [0.15, 0.2) is 29.0 Å². The van der Waals surface area contributed by atoms with Crippen molar-refractivity contribution >= 4 is 17.0 Å². The number of carbonyl (C=O) groups is 1. The Hall–Kier alpha value is -2.08. The van der Waals surface area contributed by atoms with E-state index in [-0.39, 0.29) is 18.1 Å². The highest BCUT2D eigenvalue weighted by Gasteiger charge is 2.16. The zero-order chi connectivity index (χ0) is 15.9. The molecule has 1 fully saturated rings. The molecule has 0 saturated carbocycles. The van der Waals surface area contributed by atoms with Crippen LogP contribution in [-0.4, -0.2) is 29.6 Å². The number of piperidine rings is 1. The van der Waals surface area contributed by atoms with Crippen LogP contribution in [0.1, 0.15) is 33.1 Å². The maximum atomic E-state index is 10.5. The van der Waals surface area contributed by atoms with Gasteiger partial charge in [0.1, 0.15) is 11.3 Å². The van der Waals surface area contributed by atoms with Crippen LogP contribution in [-0.2, 0) is 4.79 Å². The first-order valence-corrected chi connectivity index (χ1v) is 7.59. The predicted octanol–water partition coefficient (Wildman–Crippen LogP) is 2.23. The lowest BCUT2D eigenvalue weighted by molar-refractivity contribution is -0.120. The summed E-state index contributed by atoms with van der Waals surface area (Å²) in [5.74, 6) is 0.606. The van der Waals surface area contributed by atoms with E-state index >= 15 is 0 Å². The number of amides is 1. The average molecular weight is 305 g/mol. The molecule has 1 aromatic heterocycles. The summed E-state index contributed by atoms with van der Waals surface area (Å²) in [5.41, 5.74) is 6.69. The van der Waals surface area contributed by atoms with E-state index in [4.69, 9.17) is 14.9 Å². The molecule has 1 unspecified atom stereocenters. The largest absolute Gasteiger partial charge is 0.491 e. The van der Waals surface area contributed by atoms with Crippen LogP contribution in [0, 0.1) is 0 Å². The van der Waals surface area contributed by atoms with Gasteiger partial charge in [-0.05, 0) is 45.4 Å². The molecule has 1 aromatic carbocycles. The van der Waals surface area contributed by atoms with Crippen molar-refractivity contribution in [2.24, 2.45) is 5.73 Å². The van der Waals surface area contributed by atoms with E-state index in [2.05, 4.69) is 10.3 Å². The molecule has 2 heterocycles. The highest BCUT2D eigenvalue weighted by atomic mass is 16.5. The number of ether oxygens (including phenoxy) is 1. The number of hydrogen-bond acceptors (Lipinski definition) is 5. The molecule has 0 aliphatic carbocycles. The Balaban J connectivity index is 0.000000172. The zero-order valence-corrected chi connectivity index (χ0v) is 13.0. The Morgan fingerprint density at radius 1 is 1.45 bits per heavy atom. The third kappa shape index (κ3) is 4.73. The van der Waals surface area contributed by atoms with E-state index in [0.717, 1.165) is 36.2 Å². The third-order valence-electron chi connectivity index (χ3n) is 3.33. The van der Waals surface area contributed by atoms with Crippen molar-refractivity contribution in [3.63, 3.8) is 0 Å². The maximum Gasteiger partial charge on any atom is 0.234 e. The molecule has 2 aromatic rings. The fourth-order valence-corrected chi connectivity index (χ4v) is 2.28. The monoisotopic (exact) mass is 305 g/mol. The highest BCUT2D eigenvalue weighted by molar-refractivity contribution is 5.79. The normalized spacial score (nSPS) is 17.9. The summed E-state index contributed by atoms with van der Waals surface area (Å²) in [6.07, 6.45) is 4.82. The highest BCUT2D eigenvalue weighted by Crippen LogP contribution is 2.20. The Labute approximate surface area is 130 Å². The average Bonchev–Trinajstić information content (AvgIpc) is 2.96. The molecule has 3 rings (SSSR count). The van der Waals surface area contributed by atoms with E-state index in [1.54, 1.807) is 0 Å². The van der Waals surface area contributed by atoms with Gasteiger partial charge in [-0.1, -0.05) is 6.42 Å². The van der Waals surface area contributed by atoms with Crippen molar-refractivity contribution in [3.8, 4) is 5.75 Å². The van der Waals surface area contributed by atoms with E-state index < -0.39 is 0 Å². The first-order valence-electron chi connectivity index (χ1n) is 7.59. The number of hydrogen-bond donors (Lipinski definition) is 2. The van der Waals surface area contributed by atoms with Crippen molar-refractivity contribution in [1.29, 1.82) is 0 Å². The van der Waals surface area contributed by atoms with Crippen molar-refractivity contribution in [2.45, 2.75) is 45.3 Å². The fraction of sp³-hybridized carbons (Fsp3) is 0.500. The van der Waals surface area contributed by atoms with Crippen molar-refractivity contribution < 1.29 is 13.9 Å². The zero-order valence-electron chi connectivity index (χ0n) is 13.0. The van der Waals surface area contributed by atoms with Gasteiger partial charge in [0, 0.05) is 6.07 Å². The molecule has 120 valence electrons. The lowest BCUT2D eigenvalue weighted by Gasteiger charge is -2.19. The summed E-state index contributed by atoms with van der Waals surface area (Å²) in [6, 6.07) is 5.57. The second kappa shape index (κ2) is 7.79. The van der Waals surface area contributed by atoms with Crippen LogP contribution in [0.2, 0.25) is 0 Å². The van der Waals surface area contributed by atoms with Gasteiger partial charge in [-0.2, -0.15) is 0 Å². The van der Waals surface area contributed by atoms with E-state index in [1.165, 1.54) is 12.8 Å². The van der Waals surface area contributed by atoms with Gasteiger partial charge in [-0.25, -0.2) is 4.98 Å². The summed E-state index contributed by atoms with van der Waals surface area (Å²) in [4.78, 5) is 14.5. The Morgan fingerprint density at radius 3 is 2.86 bits per heavy atom. The molecule has 6 nitrogen and oxygen atoms in total. The molecule has 6 heteroatoms. The van der Waals surface area contributed by atoms with E-state index in [9.17, 15) is 4.79 Å². The predicted molar refractivity (Wildman–Crippen MR) is 84.6 cm³/mol. The molecule has 1 saturated heterocycles. The molecule has 0 bridgehead atoms. The number of nitrogens with one attached hydrogen (secondary N) is 1. The minimum atomic E-state index is -0.213. The molecular weight excluding hydrogens is 282 g/mol. The van der Waals surface area contributed by atoms with Crippen LogP contribution in [0.5, 0.6) is 5.75 Å². The Kier molecular flexibility index (Phi) is 5.77. The van der Waals surface area contributed by atoms with E-state index in [0.29, 0.717) is 0 Å². The standard InChI is InChI=1S/C10H11NO2.C6H12N2O/c1-7(2)13-8-3-4-9-10(5-8)12-6-11-9;7-6(9)5-3-1-2-4-8-5/h3-7H,1-2H3;5,8H,1-4H2,(H2,7,9). The number of primary amides is 1. The summed E-state index contributed by atoms with van der Waals surface area (Å²) in [5, 5.41) is 3.04. The van der Waals surface area contributed by atoms with Gasteiger partial charge in [0.2, 0.25) is 5.91 Å². The molecule has 0 spiro atoms. The van der Waals surface area contributed by atoms with Crippen LogP contribution in [0.3, 0.4) is 0 Å². The number of nitrogens with zero attached hydrogens (tertiary/aromatic N) is 1. The number of rotatable bonds is 3. The van der Waals surface area contributed by atoms with Gasteiger partial charge >= 0.3 is 0 Å². The molecule has 1 aliphatic rings.